The van der Waals surface area contributed by atoms with Gasteiger partial charge in [0.25, 0.3) is 0 Å². The van der Waals surface area contributed by atoms with E-state index in [0.717, 1.165) is 0 Å². The van der Waals surface area contributed by atoms with Gasteiger partial charge < -0.3 is 10.1 Å². The Balaban J connectivity index is 2.38. The Hall–Kier alpha value is -3.48. The van der Waals surface area contributed by atoms with E-state index in [1.54, 1.807) is 45.0 Å². The summed E-state index contributed by atoms with van der Waals surface area (Å²) in [6.45, 7) is 5.09. The van der Waals surface area contributed by atoms with Crippen LogP contribution in [0.5, 0.6) is 5.75 Å². The van der Waals surface area contributed by atoms with Crippen molar-refractivity contribution in [2.24, 2.45) is 5.92 Å². The quantitative estimate of drug-likeness (QED) is 0.710. The van der Waals surface area contributed by atoms with Crippen LogP contribution in [-0.4, -0.2) is 22.8 Å². The first-order chi connectivity index (χ1) is 13.8. The maximum absolute atomic E-state index is 13.4. The number of para-hydroxylation sites is 1. The molecule has 1 heterocycles. The molecule has 3 rings (SSSR count). The molecule has 0 aliphatic carbocycles. The number of aryl methyl sites for hydroxylation is 1. The minimum absolute atomic E-state index is 0.204. The van der Waals surface area contributed by atoms with Crippen molar-refractivity contribution in [2.75, 3.05) is 12.4 Å². The number of rotatable bonds is 5. The SMILES string of the molecule is COc1ccccc1-c1c(NC(=O)C(C)C)n(-c2ccc(F)cc2)nc(C)c1=O. The molecule has 0 spiro atoms. The van der Waals surface area contributed by atoms with E-state index in [4.69, 9.17) is 4.74 Å². The fraction of sp³-hybridized carbons (Fsp3) is 0.227. The maximum Gasteiger partial charge on any atom is 0.228 e. The molecule has 2 aromatic carbocycles. The van der Waals surface area contributed by atoms with Crippen LogP contribution in [-0.2, 0) is 4.79 Å². The lowest BCUT2D eigenvalue weighted by molar-refractivity contribution is -0.118. The number of carbonyl (C=O) groups is 1. The van der Waals surface area contributed by atoms with E-state index in [2.05, 4.69) is 10.4 Å². The summed E-state index contributed by atoms with van der Waals surface area (Å²) in [5, 5.41) is 7.17. The Labute approximate surface area is 168 Å². The molecule has 1 N–H and O–H groups in total. The molecular formula is C22H22FN3O3. The van der Waals surface area contributed by atoms with Gasteiger partial charge in [-0.25, -0.2) is 9.07 Å². The zero-order valence-corrected chi connectivity index (χ0v) is 16.7. The van der Waals surface area contributed by atoms with Crippen molar-refractivity contribution in [2.45, 2.75) is 20.8 Å². The van der Waals surface area contributed by atoms with Crippen LogP contribution < -0.4 is 15.5 Å². The van der Waals surface area contributed by atoms with Crippen LogP contribution in [0.15, 0.2) is 53.3 Å². The number of methoxy groups -OCH3 is 1. The van der Waals surface area contributed by atoms with Gasteiger partial charge in [0.2, 0.25) is 11.3 Å². The fourth-order valence-electron chi connectivity index (χ4n) is 2.89. The lowest BCUT2D eigenvalue weighted by Crippen LogP contribution is -2.27. The van der Waals surface area contributed by atoms with Gasteiger partial charge in [0.05, 0.1) is 18.4 Å². The Morgan fingerprint density at radius 3 is 2.41 bits per heavy atom. The minimum Gasteiger partial charge on any atom is -0.496 e. The number of anilines is 1. The van der Waals surface area contributed by atoms with Crippen LogP contribution in [0.2, 0.25) is 0 Å². The van der Waals surface area contributed by atoms with Gasteiger partial charge in [0.15, 0.2) is 0 Å². The van der Waals surface area contributed by atoms with Gasteiger partial charge in [0, 0.05) is 11.5 Å². The van der Waals surface area contributed by atoms with Crippen molar-refractivity contribution in [3.05, 3.63) is 70.3 Å². The number of hydrogen-bond acceptors (Lipinski definition) is 4. The molecule has 0 unspecified atom stereocenters. The Morgan fingerprint density at radius 2 is 1.79 bits per heavy atom. The van der Waals surface area contributed by atoms with Crippen molar-refractivity contribution >= 4 is 11.7 Å². The van der Waals surface area contributed by atoms with Crippen molar-refractivity contribution in [3.8, 4) is 22.6 Å². The molecule has 150 valence electrons. The first-order valence-electron chi connectivity index (χ1n) is 9.17. The first kappa shape index (κ1) is 20.3. The zero-order valence-electron chi connectivity index (χ0n) is 16.7. The van der Waals surface area contributed by atoms with Gasteiger partial charge in [-0.1, -0.05) is 32.0 Å². The molecule has 0 aliphatic heterocycles. The van der Waals surface area contributed by atoms with Crippen LogP contribution in [0.1, 0.15) is 19.5 Å². The summed E-state index contributed by atoms with van der Waals surface area (Å²) in [7, 11) is 1.51. The third kappa shape index (κ3) is 4.03. The molecule has 1 aromatic heterocycles. The molecule has 1 amide bonds. The number of nitrogens with one attached hydrogen (secondary N) is 1. The molecule has 29 heavy (non-hydrogen) atoms. The highest BCUT2D eigenvalue weighted by Crippen LogP contribution is 2.33. The maximum atomic E-state index is 13.4. The second kappa shape index (κ2) is 8.26. The van der Waals surface area contributed by atoms with E-state index >= 15 is 0 Å². The first-order valence-corrected chi connectivity index (χ1v) is 9.17. The molecule has 0 bridgehead atoms. The zero-order chi connectivity index (χ0) is 21.1. The standard InChI is InChI=1S/C22H22FN3O3/c1-13(2)22(28)24-21-19(17-7-5-6-8-18(17)29-4)20(27)14(3)25-26(21)16-11-9-15(23)10-12-16/h5-13H,1-4H3,(H,24,28). The summed E-state index contributed by atoms with van der Waals surface area (Å²) in [5.41, 5.74) is 1.20. The monoisotopic (exact) mass is 395 g/mol. The molecule has 0 aliphatic rings. The topological polar surface area (TPSA) is 73.2 Å². The smallest absolute Gasteiger partial charge is 0.228 e. The van der Waals surface area contributed by atoms with Crippen LogP contribution in [0, 0.1) is 18.7 Å². The van der Waals surface area contributed by atoms with E-state index in [1.807, 2.05) is 0 Å². The average molecular weight is 395 g/mol. The van der Waals surface area contributed by atoms with Crippen molar-refractivity contribution in [1.82, 2.24) is 9.78 Å². The third-order valence-corrected chi connectivity index (χ3v) is 4.47. The number of carbonyl (C=O) groups excluding carboxylic acids is 1. The van der Waals surface area contributed by atoms with Crippen LogP contribution in [0.4, 0.5) is 10.2 Å². The van der Waals surface area contributed by atoms with Gasteiger partial charge in [-0.2, -0.15) is 5.10 Å². The van der Waals surface area contributed by atoms with E-state index in [-0.39, 0.29) is 34.3 Å². The largest absolute Gasteiger partial charge is 0.496 e. The summed E-state index contributed by atoms with van der Waals surface area (Å²) in [4.78, 5) is 25.6. The number of amides is 1. The van der Waals surface area contributed by atoms with E-state index in [9.17, 15) is 14.0 Å². The van der Waals surface area contributed by atoms with Crippen LogP contribution >= 0.6 is 0 Å². The molecule has 3 aromatic rings. The van der Waals surface area contributed by atoms with Crippen molar-refractivity contribution < 1.29 is 13.9 Å². The van der Waals surface area contributed by atoms with Crippen molar-refractivity contribution in [1.29, 1.82) is 0 Å². The lowest BCUT2D eigenvalue weighted by Gasteiger charge is -2.20. The Morgan fingerprint density at radius 1 is 1.14 bits per heavy atom. The highest BCUT2D eigenvalue weighted by molar-refractivity contribution is 5.96. The van der Waals surface area contributed by atoms with Crippen molar-refractivity contribution in [3.63, 3.8) is 0 Å². The predicted octanol–water partition coefficient (Wildman–Crippen LogP) is 3.95. The number of aromatic nitrogens is 2. The number of nitrogens with zero attached hydrogens (tertiary/aromatic N) is 2. The second-order valence-corrected chi connectivity index (χ2v) is 6.87. The predicted molar refractivity (Wildman–Crippen MR) is 110 cm³/mol. The molecule has 0 saturated carbocycles. The number of halogens is 1. The van der Waals surface area contributed by atoms with E-state index in [0.29, 0.717) is 17.0 Å². The Kier molecular flexibility index (Phi) is 5.77. The summed E-state index contributed by atoms with van der Waals surface area (Å²) in [5.74, 6) is -0.304. The van der Waals surface area contributed by atoms with Gasteiger partial charge in [-0.05, 0) is 37.3 Å². The van der Waals surface area contributed by atoms with Crippen LogP contribution in [0.25, 0.3) is 16.8 Å². The van der Waals surface area contributed by atoms with Gasteiger partial charge in [-0.3, -0.25) is 9.59 Å². The minimum atomic E-state index is -0.399. The normalized spacial score (nSPS) is 10.8. The van der Waals surface area contributed by atoms with E-state index in [1.165, 1.54) is 36.1 Å². The molecule has 7 heteroatoms. The fourth-order valence-corrected chi connectivity index (χ4v) is 2.89. The van der Waals surface area contributed by atoms with Gasteiger partial charge in [-0.15, -0.1) is 0 Å². The number of hydrogen-bond donors (Lipinski definition) is 1. The molecular weight excluding hydrogens is 373 g/mol. The number of benzene rings is 2. The molecule has 0 radical (unpaired) electrons. The van der Waals surface area contributed by atoms with Gasteiger partial charge in [0.1, 0.15) is 23.1 Å². The molecule has 0 fully saturated rings. The summed E-state index contributed by atoms with van der Waals surface area (Å²) in [6, 6.07) is 12.7. The molecule has 6 nitrogen and oxygen atoms in total. The number of ether oxygens (including phenoxy) is 1. The third-order valence-electron chi connectivity index (χ3n) is 4.47. The Bertz CT molecular complexity index is 1110. The van der Waals surface area contributed by atoms with Gasteiger partial charge >= 0.3 is 0 Å². The lowest BCUT2D eigenvalue weighted by atomic mass is 10.0. The van der Waals surface area contributed by atoms with E-state index < -0.39 is 5.82 Å². The highest BCUT2D eigenvalue weighted by Gasteiger charge is 2.23. The summed E-state index contributed by atoms with van der Waals surface area (Å²) in [6.07, 6.45) is 0. The summed E-state index contributed by atoms with van der Waals surface area (Å²) >= 11 is 0. The highest BCUT2D eigenvalue weighted by atomic mass is 19.1. The molecule has 0 saturated heterocycles. The average Bonchev–Trinajstić information content (AvgIpc) is 2.71. The second-order valence-electron chi connectivity index (χ2n) is 6.87. The van der Waals surface area contributed by atoms with Crippen LogP contribution in [0.3, 0.4) is 0 Å². The molecule has 0 atom stereocenters. The summed E-state index contributed by atoms with van der Waals surface area (Å²) < 4.78 is 20.3.